The van der Waals surface area contributed by atoms with Crippen LogP contribution in [-0.2, 0) is 23.0 Å². The van der Waals surface area contributed by atoms with E-state index in [0.29, 0.717) is 11.6 Å². The lowest BCUT2D eigenvalue weighted by Crippen LogP contribution is -2.14. The summed E-state index contributed by atoms with van der Waals surface area (Å²) in [6.45, 7) is 4.22. The lowest BCUT2D eigenvalue weighted by molar-refractivity contribution is -0.142. The average Bonchev–Trinajstić information content (AvgIpc) is 2.78. The van der Waals surface area contributed by atoms with Crippen molar-refractivity contribution in [3.63, 3.8) is 0 Å². The van der Waals surface area contributed by atoms with E-state index in [2.05, 4.69) is 4.99 Å². The zero-order valence-electron chi connectivity index (χ0n) is 13.9. The smallest absolute Gasteiger partial charge is 0.311 e. The van der Waals surface area contributed by atoms with Gasteiger partial charge in [0.25, 0.3) is 0 Å². The number of esters is 1. The number of halogens is 1. The summed E-state index contributed by atoms with van der Waals surface area (Å²) in [5.74, 6) is -0.221. The van der Waals surface area contributed by atoms with Crippen molar-refractivity contribution in [1.82, 2.24) is 4.57 Å². The Bertz CT molecular complexity index is 730. The molecule has 4 nitrogen and oxygen atoms in total. The maximum atomic E-state index is 11.8. The first-order valence-corrected chi connectivity index (χ1v) is 7.89. The summed E-state index contributed by atoms with van der Waals surface area (Å²) in [7, 11) is 3.71. The van der Waals surface area contributed by atoms with Crippen molar-refractivity contribution in [2.75, 3.05) is 13.7 Å². The number of hydrogen-bond acceptors (Lipinski definition) is 3. The van der Waals surface area contributed by atoms with E-state index in [1.165, 1.54) is 0 Å². The molecule has 0 aliphatic heterocycles. The van der Waals surface area contributed by atoms with Gasteiger partial charge >= 0.3 is 5.97 Å². The van der Waals surface area contributed by atoms with Gasteiger partial charge in [0.1, 0.15) is 0 Å². The molecule has 0 saturated carbocycles. The van der Waals surface area contributed by atoms with Crippen LogP contribution < -0.4 is 0 Å². The minimum Gasteiger partial charge on any atom is -0.466 e. The quantitative estimate of drug-likeness (QED) is 0.620. The predicted molar refractivity (Wildman–Crippen MR) is 93.5 cm³/mol. The van der Waals surface area contributed by atoms with E-state index in [4.69, 9.17) is 16.3 Å². The van der Waals surface area contributed by atoms with E-state index in [-0.39, 0.29) is 12.4 Å². The van der Waals surface area contributed by atoms with E-state index in [1.807, 2.05) is 55.8 Å². The van der Waals surface area contributed by atoms with E-state index in [1.54, 1.807) is 7.05 Å². The molecule has 23 heavy (non-hydrogen) atoms. The van der Waals surface area contributed by atoms with Gasteiger partial charge < -0.3 is 9.30 Å². The Balaban J connectivity index is 2.40. The molecule has 0 aliphatic rings. The van der Waals surface area contributed by atoms with E-state index >= 15 is 0 Å². The van der Waals surface area contributed by atoms with Crippen LogP contribution in [0, 0.1) is 6.92 Å². The fourth-order valence-corrected chi connectivity index (χ4v) is 2.80. The summed E-state index contributed by atoms with van der Waals surface area (Å²) in [6.07, 6.45) is 0.253. The predicted octanol–water partition coefficient (Wildman–Crippen LogP) is 3.56. The minimum absolute atomic E-state index is 0.221. The largest absolute Gasteiger partial charge is 0.466 e. The number of hydrogen-bond donors (Lipinski definition) is 0. The number of aryl methyl sites for hydroxylation is 1. The number of ether oxygens (including phenoxy) is 1. The highest BCUT2D eigenvalue weighted by Crippen LogP contribution is 2.21. The summed E-state index contributed by atoms with van der Waals surface area (Å²) < 4.78 is 7.04. The third-order valence-electron chi connectivity index (χ3n) is 3.72. The van der Waals surface area contributed by atoms with Crippen LogP contribution in [0.25, 0.3) is 0 Å². The molecule has 0 aliphatic carbocycles. The number of rotatable bonds is 5. The van der Waals surface area contributed by atoms with Crippen LogP contribution in [0.15, 0.2) is 35.3 Å². The van der Waals surface area contributed by atoms with Gasteiger partial charge in [-0.3, -0.25) is 9.79 Å². The van der Waals surface area contributed by atoms with Crippen molar-refractivity contribution < 1.29 is 9.53 Å². The van der Waals surface area contributed by atoms with Crippen LogP contribution in [0.1, 0.15) is 29.4 Å². The molecule has 1 aromatic carbocycles. The fourth-order valence-electron chi connectivity index (χ4n) is 2.68. The topological polar surface area (TPSA) is 43.6 Å². The second kappa shape index (κ2) is 7.47. The molecular weight excluding hydrogens is 312 g/mol. The van der Waals surface area contributed by atoms with E-state index < -0.39 is 0 Å². The van der Waals surface area contributed by atoms with Crippen molar-refractivity contribution in [3.8, 4) is 0 Å². The number of benzene rings is 1. The number of aliphatic imine (C=N–C) groups is 1. The zero-order chi connectivity index (χ0) is 17.0. The molecule has 0 amide bonds. The highest BCUT2D eigenvalue weighted by atomic mass is 35.5. The Hall–Kier alpha value is -2.07. The Labute approximate surface area is 141 Å². The summed E-state index contributed by atoms with van der Waals surface area (Å²) in [6, 6.07) is 9.59. The SMILES string of the molecule is CCOC(=O)Cc1cc(C)c(C(=NC)c2ccc(Cl)cc2)n1C. The molecule has 0 bridgehead atoms. The van der Waals surface area contributed by atoms with Gasteiger partial charge in [-0.25, -0.2) is 0 Å². The molecule has 0 atom stereocenters. The molecule has 5 heteroatoms. The Morgan fingerprint density at radius 2 is 1.96 bits per heavy atom. The molecule has 1 heterocycles. The van der Waals surface area contributed by atoms with Gasteiger partial charge in [0.2, 0.25) is 0 Å². The minimum atomic E-state index is -0.221. The summed E-state index contributed by atoms with van der Waals surface area (Å²) in [5.41, 5.74) is 4.84. The third kappa shape index (κ3) is 3.82. The highest BCUT2D eigenvalue weighted by molar-refractivity contribution is 6.30. The lowest BCUT2D eigenvalue weighted by Gasteiger charge is -2.11. The Morgan fingerprint density at radius 3 is 2.52 bits per heavy atom. The number of nitrogens with zero attached hydrogens (tertiary/aromatic N) is 2. The van der Waals surface area contributed by atoms with Gasteiger partial charge in [-0.1, -0.05) is 23.7 Å². The normalized spacial score (nSPS) is 11.6. The van der Waals surface area contributed by atoms with Crippen molar-refractivity contribution in [2.45, 2.75) is 20.3 Å². The molecular formula is C18H21ClN2O2. The number of aromatic nitrogens is 1. The summed E-state index contributed by atoms with van der Waals surface area (Å²) in [4.78, 5) is 16.2. The van der Waals surface area contributed by atoms with Crippen LogP contribution in [0.3, 0.4) is 0 Å². The number of carbonyl (C=O) groups excluding carboxylic acids is 1. The van der Waals surface area contributed by atoms with Gasteiger partial charge in [0.15, 0.2) is 0 Å². The van der Waals surface area contributed by atoms with Gasteiger partial charge in [0, 0.05) is 30.4 Å². The lowest BCUT2D eigenvalue weighted by atomic mass is 10.0. The summed E-state index contributed by atoms with van der Waals surface area (Å²) >= 11 is 5.96. The second-order valence-electron chi connectivity index (χ2n) is 5.29. The monoisotopic (exact) mass is 332 g/mol. The molecule has 1 aromatic heterocycles. The number of carbonyl (C=O) groups is 1. The molecule has 2 rings (SSSR count). The molecule has 0 N–H and O–H groups in total. The van der Waals surface area contributed by atoms with Gasteiger partial charge in [0.05, 0.1) is 24.4 Å². The first kappa shape index (κ1) is 17.3. The molecule has 0 saturated heterocycles. The molecule has 2 aromatic rings. The first-order valence-electron chi connectivity index (χ1n) is 7.51. The van der Waals surface area contributed by atoms with E-state index in [9.17, 15) is 4.79 Å². The standard InChI is InChI=1S/C18H21ClN2O2/c1-5-23-16(22)11-15-10-12(2)18(21(15)4)17(20-3)13-6-8-14(19)9-7-13/h6-10H,5,11H2,1-4H3. The maximum Gasteiger partial charge on any atom is 0.311 e. The maximum absolute atomic E-state index is 11.8. The second-order valence-corrected chi connectivity index (χ2v) is 5.72. The fraction of sp³-hybridized carbons (Fsp3) is 0.333. The van der Waals surface area contributed by atoms with Crippen LogP contribution >= 0.6 is 11.6 Å². The average molecular weight is 333 g/mol. The Kier molecular flexibility index (Phi) is 5.61. The molecule has 0 unspecified atom stereocenters. The Morgan fingerprint density at radius 1 is 1.30 bits per heavy atom. The van der Waals surface area contributed by atoms with Gasteiger partial charge in [-0.15, -0.1) is 0 Å². The highest BCUT2D eigenvalue weighted by Gasteiger charge is 2.18. The van der Waals surface area contributed by atoms with Crippen molar-refractivity contribution in [1.29, 1.82) is 0 Å². The van der Waals surface area contributed by atoms with Crippen molar-refractivity contribution >= 4 is 23.3 Å². The summed E-state index contributed by atoms with van der Waals surface area (Å²) in [5, 5.41) is 0.691. The van der Waals surface area contributed by atoms with E-state index in [0.717, 1.165) is 28.2 Å². The van der Waals surface area contributed by atoms with Crippen LogP contribution in [0.5, 0.6) is 0 Å². The third-order valence-corrected chi connectivity index (χ3v) is 3.97. The molecule has 0 radical (unpaired) electrons. The van der Waals surface area contributed by atoms with Gasteiger partial charge in [-0.2, -0.15) is 0 Å². The van der Waals surface area contributed by atoms with Crippen LogP contribution in [-0.4, -0.2) is 29.9 Å². The molecule has 0 spiro atoms. The first-order chi connectivity index (χ1) is 11.0. The van der Waals surface area contributed by atoms with Gasteiger partial charge in [-0.05, 0) is 37.6 Å². The molecule has 0 fully saturated rings. The van der Waals surface area contributed by atoms with Crippen LogP contribution in [0.4, 0.5) is 0 Å². The van der Waals surface area contributed by atoms with Crippen molar-refractivity contribution in [2.24, 2.45) is 12.0 Å². The van der Waals surface area contributed by atoms with Crippen LogP contribution in [0.2, 0.25) is 5.02 Å². The molecule has 122 valence electrons. The van der Waals surface area contributed by atoms with Crippen molar-refractivity contribution in [3.05, 3.63) is 57.9 Å². The zero-order valence-corrected chi connectivity index (χ0v) is 14.6.